The molecule has 0 aliphatic rings. The van der Waals surface area contributed by atoms with E-state index in [4.69, 9.17) is 33.9 Å². The molecule has 224 valence electrons. The van der Waals surface area contributed by atoms with Gasteiger partial charge in [0.25, 0.3) is 0 Å². The summed E-state index contributed by atoms with van der Waals surface area (Å²) in [6.07, 6.45) is 5.39. The van der Waals surface area contributed by atoms with Crippen molar-refractivity contribution in [1.82, 2.24) is 19.9 Å². The molecule has 0 fully saturated rings. The molecule has 2 atom stereocenters. The van der Waals surface area contributed by atoms with Gasteiger partial charge in [-0.1, -0.05) is 30.7 Å². The molecule has 0 unspecified atom stereocenters. The molecule has 10 nitrogen and oxygen atoms in total. The highest BCUT2D eigenvalue weighted by molar-refractivity contribution is 6.31. The summed E-state index contributed by atoms with van der Waals surface area (Å²) < 4.78 is 16.6. The van der Waals surface area contributed by atoms with E-state index in [0.717, 1.165) is 36.9 Å². The number of aliphatic imine (C=N–C) groups is 1. The topological polar surface area (TPSA) is 173 Å². The second kappa shape index (κ2) is 14.4. The number of nitrogens with one attached hydrogen (secondary N) is 2. The number of nitrogens with two attached hydrogens (primary N) is 3. The van der Waals surface area contributed by atoms with E-state index in [2.05, 4.69) is 27.2 Å². The molecule has 9 N–H and O–H groups in total. The monoisotopic (exact) mass is 596 g/mol. The van der Waals surface area contributed by atoms with Gasteiger partial charge in [-0.15, -0.1) is 0 Å². The van der Waals surface area contributed by atoms with Crippen LogP contribution in [0.4, 0.5) is 4.39 Å². The molecule has 42 heavy (non-hydrogen) atoms. The van der Waals surface area contributed by atoms with E-state index in [0.29, 0.717) is 47.4 Å². The Morgan fingerprint density at radius 3 is 2.67 bits per heavy atom. The number of aromatic nitrogens is 3. The predicted octanol–water partition coefficient (Wildman–Crippen LogP) is 3.52. The van der Waals surface area contributed by atoms with Crippen molar-refractivity contribution in [3.8, 4) is 16.9 Å². The van der Waals surface area contributed by atoms with Gasteiger partial charge in [-0.25, -0.2) is 9.18 Å². The summed E-state index contributed by atoms with van der Waals surface area (Å²) in [7, 11) is 0. The molecule has 0 aliphatic heterocycles. The number of aromatic amines is 1. The first kappa shape index (κ1) is 31.2. The summed E-state index contributed by atoms with van der Waals surface area (Å²) in [5, 5.41) is 13.3. The molecule has 0 saturated heterocycles. The standard InChI is InChI=1S/C30H38ClFN8O2/c1-2-25(36-11-4-12-37-29(34)35)19-7-9-22(10-8-19)40-16-20-15-26(38-28(20)39-30(40)42)23-13-18(14-24(31)27(23)32)5-3-6-21(33)17-41/h7-10,13-16,21,25,36,41H,2-6,11-12,17,33H2,1H3,(H4,34,35,37)(H,38,39,42)/t21-,25+/m1/s1. The van der Waals surface area contributed by atoms with Crippen molar-refractivity contribution >= 4 is 28.6 Å². The van der Waals surface area contributed by atoms with E-state index in [-0.39, 0.29) is 29.7 Å². The van der Waals surface area contributed by atoms with Crippen molar-refractivity contribution in [2.45, 2.75) is 51.1 Å². The lowest BCUT2D eigenvalue weighted by molar-refractivity contribution is 0.258. The van der Waals surface area contributed by atoms with Gasteiger partial charge in [0.2, 0.25) is 0 Å². The van der Waals surface area contributed by atoms with Crippen LogP contribution in [0.3, 0.4) is 0 Å². The van der Waals surface area contributed by atoms with E-state index in [9.17, 15) is 4.79 Å². The summed E-state index contributed by atoms with van der Waals surface area (Å²) in [5.74, 6) is -0.463. The highest BCUT2D eigenvalue weighted by atomic mass is 35.5. The maximum absolute atomic E-state index is 15.1. The molecule has 0 radical (unpaired) electrons. The van der Waals surface area contributed by atoms with Crippen molar-refractivity contribution < 1.29 is 9.50 Å². The van der Waals surface area contributed by atoms with Crippen LogP contribution in [0.1, 0.15) is 49.8 Å². The molecule has 0 bridgehead atoms. The number of H-pyrrole nitrogens is 1. The molecule has 0 amide bonds. The zero-order valence-corrected chi connectivity index (χ0v) is 24.4. The lowest BCUT2D eigenvalue weighted by Gasteiger charge is -2.18. The largest absolute Gasteiger partial charge is 0.395 e. The highest BCUT2D eigenvalue weighted by Crippen LogP contribution is 2.31. The van der Waals surface area contributed by atoms with Crippen LogP contribution >= 0.6 is 11.6 Å². The van der Waals surface area contributed by atoms with Gasteiger partial charge in [0.05, 0.1) is 23.0 Å². The number of nitrogens with zero attached hydrogens (tertiary/aromatic N) is 3. The van der Waals surface area contributed by atoms with Gasteiger partial charge in [-0.2, -0.15) is 4.98 Å². The van der Waals surface area contributed by atoms with Crippen LogP contribution in [-0.4, -0.2) is 51.3 Å². The number of rotatable bonds is 14. The number of hydrogen-bond donors (Lipinski definition) is 6. The number of aliphatic hydroxyl groups is 1. The summed E-state index contributed by atoms with van der Waals surface area (Å²) in [6, 6.07) is 12.7. The van der Waals surface area contributed by atoms with Crippen LogP contribution in [0, 0.1) is 5.82 Å². The zero-order valence-electron chi connectivity index (χ0n) is 23.6. The Morgan fingerprint density at radius 2 is 1.98 bits per heavy atom. The smallest absolute Gasteiger partial charge is 0.354 e. The van der Waals surface area contributed by atoms with Crippen LogP contribution in [0.2, 0.25) is 5.02 Å². The lowest BCUT2D eigenvalue weighted by atomic mass is 10.0. The third kappa shape index (κ3) is 7.74. The first-order chi connectivity index (χ1) is 20.2. The zero-order chi connectivity index (χ0) is 30.2. The normalized spacial score (nSPS) is 12.9. The summed E-state index contributed by atoms with van der Waals surface area (Å²) in [6.45, 7) is 3.35. The summed E-state index contributed by atoms with van der Waals surface area (Å²) in [5.41, 5.74) is 19.8. The van der Waals surface area contributed by atoms with Gasteiger partial charge in [0.1, 0.15) is 5.65 Å². The first-order valence-corrected chi connectivity index (χ1v) is 14.4. The lowest BCUT2D eigenvalue weighted by Crippen LogP contribution is -2.25. The van der Waals surface area contributed by atoms with Crippen molar-refractivity contribution in [2.75, 3.05) is 19.7 Å². The molecular weight excluding hydrogens is 559 g/mol. The molecule has 0 saturated carbocycles. The van der Waals surface area contributed by atoms with E-state index < -0.39 is 11.5 Å². The third-order valence-corrected chi connectivity index (χ3v) is 7.44. The number of hydrogen-bond acceptors (Lipinski definition) is 6. The second-order valence-electron chi connectivity index (χ2n) is 10.3. The van der Waals surface area contributed by atoms with Gasteiger partial charge in [-0.05, 0) is 80.1 Å². The van der Waals surface area contributed by atoms with Crippen LogP contribution < -0.4 is 28.2 Å². The fraction of sp³-hybridized carbons (Fsp3) is 0.367. The molecule has 0 aliphatic carbocycles. The Hall–Kier alpha value is -3.77. The Bertz CT molecular complexity index is 1580. The Kier molecular flexibility index (Phi) is 10.7. The number of fused-ring (bicyclic) bond motifs is 1. The number of guanidine groups is 1. The summed E-state index contributed by atoms with van der Waals surface area (Å²) >= 11 is 6.22. The van der Waals surface area contributed by atoms with Crippen LogP contribution in [0.5, 0.6) is 0 Å². The van der Waals surface area contributed by atoms with Crippen LogP contribution in [0.15, 0.2) is 58.4 Å². The van der Waals surface area contributed by atoms with Gasteiger partial charge in [-0.3, -0.25) is 9.56 Å². The number of aliphatic hydroxyl groups excluding tert-OH is 1. The van der Waals surface area contributed by atoms with Crippen LogP contribution in [-0.2, 0) is 6.42 Å². The van der Waals surface area contributed by atoms with Crippen LogP contribution in [0.25, 0.3) is 28.0 Å². The molecule has 4 rings (SSSR count). The quantitative estimate of drug-likeness (QED) is 0.0733. The third-order valence-electron chi connectivity index (χ3n) is 7.16. The van der Waals surface area contributed by atoms with E-state index >= 15 is 4.39 Å². The van der Waals surface area contributed by atoms with Crippen molar-refractivity contribution in [1.29, 1.82) is 0 Å². The minimum atomic E-state index is -0.555. The molecular formula is C30H38ClFN8O2. The van der Waals surface area contributed by atoms with Crippen molar-refractivity contribution in [3.05, 3.63) is 81.1 Å². The van der Waals surface area contributed by atoms with Crippen molar-refractivity contribution in [3.63, 3.8) is 0 Å². The molecule has 12 heteroatoms. The number of benzene rings is 2. The predicted molar refractivity (Wildman–Crippen MR) is 166 cm³/mol. The SMILES string of the molecule is CC[C@H](NCCCN=C(N)N)c1ccc(-n2cc3cc(-c4cc(CCC[C@@H](N)CO)cc(Cl)c4F)[nH]c3nc2=O)cc1. The molecule has 4 aromatic rings. The van der Waals surface area contributed by atoms with Gasteiger partial charge < -0.3 is 32.6 Å². The van der Waals surface area contributed by atoms with E-state index in [1.54, 1.807) is 24.4 Å². The first-order valence-electron chi connectivity index (χ1n) is 14.1. The highest BCUT2D eigenvalue weighted by Gasteiger charge is 2.16. The maximum Gasteiger partial charge on any atom is 0.354 e. The minimum Gasteiger partial charge on any atom is -0.395 e. The Morgan fingerprint density at radius 1 is 1.21 bits per heavy atom. The van der Waals surface area contributed by atoms with Gasteiger partial charge in [0, 0.05) is 35.8 Å². The van der Waals surface area contributed by atoms with Gasteiger partial charge >= 0.3 is 5.69 Å². The second-order valence-corrected chi connectivity index (χ2v) is 10.7. The maximum atomic E-state index is 15.1. The van der Waals surface area contributed by atoms with Crippen molar-refractivity contribution in [2.24, 2.45) is 22.2 Å². The molecule has 2 aromatic carbocycles. The minimum absolute atomic E-state index is 0.00822. The van der Waals surface area contributed by atoms with E-state index in [1.807, 2.05) is 24.3 Å². The van der Waals surface area contributed by atoms with Gasteiger partial charge in [0.15, 0.2) is 11.8 Å². The number of aryl methyl sites for hydroxylation is 1. The van der Waals surface area contributed by atoms with E-state index in [1.165, 1.54) is 4.57 Å². The average molecular weight is 597 g/mol. The fourth-order valence-electron chi connectivity index (χ4n) is 4.90. The molecule has 0 spiro atoms. The summed E-state index contributed by atoms with van der Waals surface area (Å²) in [4.78, 5) is 24.2. The Labute approximate surface area is 248 Å². The number of halogens is 2. The molecule has 2 heterocycles. The Balaban J connectivity index is 1.54. The average Bonchev–Trinajstić information content (AvgIpc) is 3.38. The fourth-order valence-corrected chi connectivity index (χ4v) is 5.14. The molecule has 2 aromatic heterocycles.